The van der Waals surface area contributed by atoms with Crippen LogP contribution in [0.3, 0.4) is 0 Å². The van der Waals surface area contributed by atoms with Gasteiger partial charge in [-0.05, 0) is 42.7 Å². The normalized spacial score (nSPS) is 20.0. The van der Waals surface area contributed by atoms with E-state index in [0.717, 1.165) is 43.3 Å². The summed E-state index contributed by atoms with van der Waals surface area (Å²) in [5.41, 5.74) is 1.89. The molecule has 1 saturated heterocycles. The minimum Gasteiger partial charge on any atom is -0.419 e. The Morgan fingerprint density at radius 3 is 2.26 bits per heavy atom. The van der Waals surface area contributed by atoms with Gasteiger partial charge in [-0.25, -0.2) is 4.39 Å². The fourth-order valence-corrected chi connectivity index (χ4v) is 5.00. The summed E-state index contributed by atoms with van der Waals surface area (Å²) < 4.78 is 19.7. The number of rotatable bonds is 5. The Morgan fingerprint density at radius 2 is 1.55 bits per heavy atom. The van der Waals surface area contributed by atoms with E-state index in [1.54, 1.807) is 0 Å². The van der Waals surface area contributed by atoms with Crippen molar-refractivity contribution in [2.45, 2.75) is 44.2 Å². The Balaban J connectivity index is 1.38. The molecule has 162 valence electrons. The monoisotopic (exact) mass is 420 g/mol. The fraction of sp³-hybridized carbons (Fsp3) is 0.440. The van der Waals surface area contributed by atoms with E-state index in [4.69, 9.17) is 4.42 Å². The van der Waals surface area contributed by atoms with Crippen molar-refractivity contribution >= 4 is 0 Å². The molecule has 1 atom stereocenters. The Kier molecular flexibility index (Phi) is 6.09. The SMILES string of the molecule is Fc1ccc([C@@H](c2nnc(-c3ccccc3)o2)N2CCN(C3CCCCC3)CC2)cc1. The van der Waals surface area contributed by atoms with Crippen LogP contribution in [0.5, 0.6) is 0 Å². The molecule has 1 aromatic heterocycles. The number of nitrogens with zero attached hydrogens (tertiary/aromatic N) is 4. The van der Waals surface area contributed by atoms with Gasteiger partial charge in [0, 0.05) is 37.8 Å². The lowest BCUT2D eigenvalue weighted by molar-refractivity contribution is 0.0590. The number of piperazine rings is 1. The van der Waals surface area contributed by atoms with Crippen LogP contribution in [0.4, 0.5) is 4.39 Å². The fourth-order valence-electron chi connectivity index (χ4n) is 5.00. The van der Waals surface area contributed by atoms with Crippen molar-refractivity contribution in [2.24, 2.45) is 0 Å². The van der Waals surface area contributed by atoms with Gasteiger partial charge in [0.2, 0.25) is 11.8 Å². The molecule has 1 aliphatic heterocycles. The highest BCUT2D eigenvalue weighted by atomic mass is 19.1. The number of benzene rings is 2. The number of hydrogen-bond acceptors (Lipinski definition) is 5. The van der Waals surface area contributed by atoms with Gasteiger partial charge in [-0.1, -0.05) is 49.6 Å². The predicted octanol–water partition coefficient (Wildman–Crippen LogP) is 4.92. The Labute approximate surface area is 182 Å². The van der Waals surface area contributed by atoms with Gasteiger partial charge >= 0.3 is 0 Å². The van der Waals surface area contributed by atoms with Crippen LogP contribution in [0.2, 0.25) is 0 Å². The molecule has 6 heteroatoms. The maximum atomic E-state index is 13.6. The summed E-state index contributed by atoms with van der Waals surface area (Å²) >= 11 is 0. The largest absolute Gasteiger partial charge is 0.419 e. The van der Waals surface area contributed by atoms with Crippen LogP contribution < -0.4 is 0 Å². The van der Waals surface area contributed by atoms with Crippen molar-refractivity contribution in [1.82, 2.24) is 20.0 Å². The molecule has 2 heterocycles. The van der Waals surface area contributed by atoms with Crippen molar-refractivity contribution in [3.05, 3.63) is 71.9 Å². The van der Waals surface area contributed by atoms with E-state index in [1.165, 1.54) is 44.2 Å². The molecule has 0 unspecified atom stereocenters. The molecular formula is C25H29FN4O. The average molecular weight is 421 g/mol. The molecule has 0 spiro atoms. The molecule has 5 nitrogen and oxygen atoms in total. The second-order valence-electron chi connectivity index (χ2n) is 8.63. The topological polar surface area (TPSA) is 45.4 Å². The summed E-state index contributed by atoms with van der Waals surface area (Å²) in [6, 6.07) is 17.1. The number of halogens is 1. The van der Waals surface area contributed by atoms with E-state index < -0.39 is 0 Å². The van der Waals surface area contributed by atoms with Gasteiger partial charge in [0.25, 0.3) is 0 Å². The Bertz CT molecular complexity index is 961. The molecule has 5 rings (SSSR count). The average Bonchev–Trinajstić information content (AvgIpc) is 3.32. The molecule has 0 amide bonds. The lowest BCUT2D eigenvalue weighted by Crippen LogP contribution is -2.51. The van der Waals surface area contributed by atoms with E-state index in [9.17, 15) is 4.39 Å². The summed E-state index contributed by atoms with van der Waals surface area (Å²) in [6.07, 6.45) is 6.74. The van der Waals surface area contributed by atoms with E-state index in [-0.39, 0.29) is 11.9 Å². The third kappa shape index (κ3) is 4.55. The standard InChI is InChI=1S/C25H29FN4O/c26-21-13-11-19(12-14-21)23(25-28-27-24(31-25)20-7-3-1-4-8-20)30-17-15-29(16-18-30)22-9-5-2-6-10-22/h1,3-4,7-8,11-14,22-23H,2,5-6,9-10,15-18H2/t23-/m0/s1. The minimum atomic E-state index is -0.236. The highest BCUT2D eigenvalue weighted by molar-refractivity contribution is 5.51. The van der Waals surface area contributed by atoms with Crippen LogP contribution in [0.25, 0.3) is 11.5 Å². The molecule has 0 bridgehead atoms. The van der Waals surface area contributed by atoms with Gasteiger partial charge < -0.3 is 4.42 Å². The van der Waals surface area contributed by atoms with Crippen molar-refractivity contribution in [3.8, 4) is 11.5 Å². The molecule has 2 aromatic carbocycles. The molecule has 31 heavy (non-hydrogen) atoms. The maximum Gasteiger partial charge on any atom is 0.247 e. The Morgan fingerprint density at radius 1 is 0.839 bits per heavy atom. The highest BCUT2D eigenvalue weighted by Crippen LogP contribution is 2.32. The van der Waals surface area contributed by atoms with Gasteiger partial charge in [0.05, 0.1) is 0 Å². The van der Waals surface area contributed by atoms with E-state index in [2.05, 4.69) is 20.0 Å². The molecule has 2 fully saturated rings. The summed E-state index contributed by atoms with van der Waals surface area (Å²) in [6.45, 7) is 3.95. The smallest absolute Gasteiger partial charge is 0.247 e. The summed E-state index contributed by atoms with van der Waals surface area (Å²) in [5, 5.41) is 8.72. The zero-order chi connectivity index (χ0) is 21.0. The first-order valence-electron chi connectivity index (χ1n) is 11.4. The third-order valence-corrected chi connectivity index (χ3v) is 6.69. The van der Waals surface area contributed by atoms with Gasteiger partial charge in [-0.15, -0.1) is 10.2 Å². The van der Waals surface area contributed by atoms with Crippen LogP contribution in [0, 0.1) is 5.82 Å². The van der Waals surface area contributed by atoms with Crippen LogP contribution in [0.15, 0.2) is 59.0 Å². The summed E-state index contributed by atoms with van der Waals surface area (Å²) in [4.78, 5) is 5.05. The zero-order valence-corrected chi connectivity index (χ0v) is 17.8. The first-order chi connectivity index (χ1) is 15.3. The molecule has 3 aromatic rings. The third-order valence-electron chi connectivity index (χ3n) is 6.69. The highest BCUT2D eigenvalue weighted by Gasteiger charge is 2.32. The van der Waals surface area contributed by atoms with Crippen molar-refractivity contribution in [3.63, 3.8) is 0 Å². The Hall–Kier alpha value is -2.57. The van der Waals surface area contributed by atoms with E-state index >= 15 is 0 Å². The first-order valence-corrected chi connectivity index (χ1v) is 11.4. The van der Waals surface area contributed by atoms with E-state index in [0.29, 0.717) is 11.8 Å². The van der Waals surface area contributed by atoms with Crippen LogP contribution in [0.1, 0.15) is 49.6 Å². The van der Waals surface area contributed by atoms with Crippen molar-refractivity contribution in [2.75, 3.05) is 26.2 Å². The lowest BCUT2D eigenvalue weighted by atomic mass is 9.93. The molecule has 0 N–H and O–H groups in total. The zero-order valence-electron chi connectivity index (χ0n) is 17.8. The molecule has 1 saturated carbocycles. The number of aromatic nitrogens is 2. The van der Waals surface area contributed by atoms with Crippen molar-refractivity contribution in [1.29, 1.82) is 0 Å². The van der Waals surface area contributed by atoms with Crippen LogP contribution >= 0.6 is 0 Å². The molecule has 2 aliphatic rings. The molecular weight excluding hydrogens is 391 g/mol. The van der Waals surface area contributed by atoms with Gasteiger partial charge in [0.1, 0.15) is 11.9 Å². The minimum absolute atomic E-state index is 0.168. The quantitative estimate of drug-likeness (QED) is 0.587. The van der Waals surface area contributed by atoms with Gasteiger partial charge in [0.15, 0.2) is 0 Å². The molecule has 1 aliphatic carbocycles. The summed E-state index contributed by atoms with van der Waals surface area (Å²) in [5.74, 6) is 0.847. The van der Waals surface area contributed by atoms with Gasteiger partial charge in [-0.3, -0.25) is 9.80 Å². The lowest BCUT2D eigenvalue weighted by Gasteiger charge is -2.42. The number of hydrogen-bond donors (Lipinski definition) is 0. The van der Waals surface area contributed by atoms with Crippen LogP contribution in [-0.4, -0.2) is 52.2 Å². The molecule has 0 radical (unpaired) electrons. The van der Waals surface area contributed by atoms with Crippen LogP contribution in [-0.2, 0) is 0 Å². The summed E-state index contributed by atoms with van der Waals surface area (Å²) in [7, 11) is 0. The van der Waals surface area contributed by atoms with E-state index in [1.807, 2.05) is 42.5 Å². The van der Waals surface area contributed by atoms with Gasteiger partial charge in [-0.2, -0.15) is 0 Å². The maximum absolute atomic E-state index is 13.6. The predicted molar refractivity (Wildman–Crippen MR) is 118 cm³/mol. The second kappa shape index (κ2) is 9.28. The first kappa shape index (κ1) is 20.3. The van der Waals surface area contributed by atoms with Crippen molar-refractivity contribution < 1.29 is 8.81 Å². The second-order valence-corrected chi connectivity index (χ2v) is 8.63.